The largest absolute Gasteiger partial charge is 0.378 e. The molecule has 0 bridgehead atoms. The van der Waals surface area contributed by atoms with Crippen LogP contribution in [0.2, 0.25) is 0 Å². The zero-order valence-electron chi connectivity index (χ0n) is 12.2. The lowest BCUT2D eigenvalue weighted by Gasteiger charge is -2.12. The number of hydrogen-bond acceptors (Lipinski definition) is 2. The summed E-state index contributed by atoms with van der Waals surface area (Å²) in [7, 11) is 3.98. The van der Waals surface area contributed by atoms with Crippen LogP contribution in [0.3, 0.4) is 0 Å². The molecule has 2 nitrogen and oxygen atoms in total. The third-order valence-electron chi connectivity index (χ3n) is 3.68. The maximum atomic E-state index is 12.7. The molecule has 0 aliphatic carbocycles. The van der Waals surface area contributed by atoms with E-state index in [4.69, 9.17) is 0 Å². The first-order valence-electron chi connectivity index (χ1n) is 6.96. The number of benzene rings is 3. The lowest BCUT2D eigenvalue weighted by atomic mass is 9.97. The van der Waals surface area contributed by atoms with E-state index in [9.17, 15) is 4.79 Å². The van der Waals surface area contributed by atoms with Gasteiger partial charge in [-0.2, -0.15) is 0 Å². The van der Waals surface area contributed by atoms with E-state index in [0.717, 1.165) is 27.6 Å². The highest BCUT2D eigenvalue weighted by Crippen LogP contribution is 2.22. The number of fused-ring (bicyclic) bond motifs is 1. The van der Waals surface area contributed by atoms with Crippen molar-refractivity contribution >= 4 is 22.2 Å². The van der Waals surface area contributed by atoms with E-state index in [0.29, 0.717) is 0 Å². The molecule has 0 fully saturated rings. The molecule has 0 saturated carbocycles. The highest BCUT2D eigenvalue weighted by molar-refractivity contribution is 6.16. The Bertz CT molecular complexity index is 783. The smallest absolute Gasteiger partial charge is 0.193 e. The summed E-state index contributed by atoms with van der Waals surface area (Å²) in [5.74, 6) is 0.0668. The summed E-state index contributed by atoms with van der Waals surface area (Å²) in [5, 5.41) is 2.09. The third kappa shape index (κ3) is 2.52. The van der Waals surface area contributed by atoms with Crippen molar-refractivity contribution < 1.29 is 4.79 Å². The minimum atomic E-state index is 0.0668. The Labute approximate surface area is 124 Å². The van der Waals surface area contributed by atoms with Gasteiger partial charge < -0.3 is 4.90 Å². The topological polar surface area (TPSA) is 20.3 Å². The van der Waals surface area contributed by atoms with Gasteiger partial charge in [-0.3, -0.25) is 4.79 Å². The minimum Gasteiger partial charge on any atom is -0.378 e. The molecule has 0 radical (unpaired) electrons. The molecule has 0 N–H and O–H groups in total. The predicted molar refractivity (Wildman–Crippen MR) is 88.1 cm³/mol. The van der Waals surface area contributed by atoms with Gasteiger partial charge in [-0.1, -0.05) is 42.5 Å². The summed E-state index contributed by atoms with van der Waals surface area (Å²) in [5.41, 5.74) is 2.56. The number of rotatable bonds is 3. The quantitative estimate of drug-likeness (QED) is 0.670. The molecule has 3 aromatic rings. The number of ketones is 1. The lowest BCUT2D eigenvalue weighted by Crippen LogP contribution is -2.09. The van der Waals surface area contributed by atoms with Crippen molar-refractivity contribution in [3.8, 4) is 0 Å². The van der Waals surface area contributed by atoms with Gasteiger partial charge in [-0.05, 0) is 35.0 Å². The third-order valence-corrected chi connectivity index (χ3v) is 3.68. The van der Waals surface area contributed by atoms with E-state index in [1.807, 2.05) is 85.7 Å². The van der Waals surface area contributed by atoms with Gasteiger partial charge in [0.05, 0.1) is 0 Å². The highest BCUT2D eigenvalue weighted by atomic mass is 16.1. The van der Waals surface area contributed by atoms with E-state index >= 15 is 0 Å². The van der Waals surface area contributed by atoms with Crippen LogP contribution in [-0.2, 0) is 0 Å². The standard InChI is InChI=1S/C19H17NO/c1-20(2)16-12-10-15(11-13-16)19(21)18-9-5-7-14-6-3-4-8-17(14)18/h3-13H,1-2H3. The molecule has 0 aliphatic rings. The van der Waals surface area contributed by atoms with Crippen LogP contribution in [0.1, 0.15) is 15.9 Å². The Morgan fingerprint density at radius 3 is 2.19 bits per heavy atom. The second-order valence-electron chi connectivity index (χ2n) is 5.30. The van der Waals surface area contributed by atoms with Gasteiger partial charge in [0.2, 0.25) is 0 Å². The predicted octanol–water partition coefficient (Wildman–Crippen LogP) is 4.14. The molecule has 21 heavy (non-hydrogen) atoms. The second kappa shape index (κ2) is 5.41. The molecule has 0 heterocycles. The Balaban J connectivity index is 2.04. The fraction of sp³-hybridized carbons (Fsp3) is 0.105. The van der Waals surface area contributed by atoms with Gasteiger partial charge in [-0.15, -0.1) is 0 Å². The normalized spacial score (nSPS) is 10.6. The number of carbonyl (C=O) groups excluding carboxylic acids is 1. The summed E-state index contributed by atoms with van der Waals surface area (Å²) in [6.07, 6.45) is 0. The van der Waals surface area contributed by atoms with Gasteiger partial charge in [0, 0.05) is 30.9 Å². The van der Waals surface area contributed by atoms with Crippen molar-refractivity contribution in [3.05, 3.63) is 77.9 Å². The van der Waals surface area contributed by atoms with Crippen LogP contribution in [0.5, 0.6) is 0 Å². The Morgan fingerprint density at radius 2 is 1.48 bits per heavy atom. The van der Waals surface area contributed by atoms with Gasteiger partial charge in [0.15, 0.2) is 5.78 Å². The molecule has 0 amide bonds. The van der Waals surface area contributed by atoms with Gasteiger partial charge in [0.1, 0.15) is 0 Å². The molecule has 0 unspecified atom stereocenters. The monoisotopic (exact) mass is 275 g/mol. The molecule has 0 saturated heterocycles. The molecule has 0 aliphatic heterocycles. The number of hydrogen-bond donors (Lipinski definition) is 0. The Hall–Kier alpha value is -2.61. The maximum absolute atomic E-state index is 12.7. The Kier molecular flexibility index (Phi) is 3.44. The van der Waals surface area contributed by atoms with Crippen molar-refractivity contribution in [2.75, 3.05) is 19.0 Å². The highest BCUT2D eigenvalue weighted by Gasteiger charge is 2.12. The zero-order valence-corrected chi connectivity index (χ0v) is 12.2. The maximum Gasteiger partial charge on any atom is 0.193 e. The average Bonchev–Trinajstić information content (AvgIpc) is 2.53. The molecular weight excluding hydrogens is 258 g/mol. The van der Waals surface area contributed by atoms with Crippen molar-refractivity contribution in [2.24, 2.45) is 0 Å². The summed E-state index contributed by atoms with van der Waals surface area (Å²) < 4.78 is 0. The summed E-state index contributed by atoms with van der Waals surface area (Å²) in [4.78, 5) is 14.7. The second-order valence-corrected chi connectivity index (χ2v) is 5.30. The summed E-state index contributed by atoms with van der Waals surface area (Å²) in [6, 6.07) is 21.6. The lowest BCUT2D eigenvalue weighted by molar-refractivity contribution is 0.104. The van der Waals surface area contributed by atoms with Gasteiger partial charge >= 0.3 is 0 Å². The molecule has 2 heteroatoms. The van der Waals surface area contributed by atoms with E-state index in [1.54, 1.807) is 0 Å². The van der Waals surface area contributed by atoms with Crippen molar-refractivity contribution in [1.82, 2.24) is 0 Å². The molecule has 0 aromatic heterocycles. The van der Waals surface area contributed by atoms with E-state index in [1.165, 1.54) is 0 Å². The molecule has 3 rings (SSSR count). The van der Waals surface area contributed by atoms with Gasteiger partial charge in [0.25, 0.3) is 0 Å². The minimum absolute atomic E-state index is 0.0668. The van der Waals surface area contributed by atoms with Crippen LogP contribution in [0, 0.1) is 0 Å². The van der Waals surface area contributed by atoms with Crippen molar-refractivity contribution in [2.45, 2.75) is 0 Å². The van der Waals surface area contributed by atoms with Crippen LogP contribution in [0.25, 0.3) is 10.8 Å². The summed E-state index contributed by atoms with van der Waals surface area (Å²) in [6.45, 7) is 0. The Morgan fingerprint density at radius 1 is 0.810 bits per heavy atom. The molecular formula is C19H17NO. The van der Waals surface area contributed by atoms with Crippen LogP contribution in [0.15, 0.2) is 66.7 Å². The van der Waals surface area contributed by atoms with E-state index < -0.39 is 0 Å². The van der Waals surface area contributed by atoms with Gasteiger partial charge in [-0.25, -0.2) is 0 Å². The first kappa shape index (κ1) is 13.4. The SMILES string of the molecule is CN(C)c1ccc(C(=O)c2cccc3ccccc23)cc1. The number of nitrogens with zero attached hydrogens (tertiary/aromatic N) is 1. The van der Waals surface area contributed by atoms with E-state index in [-0.39, 0.29) is 5.78 Å². The van der Waals surface area contributed by atoms with Crippen molar-refractivity contribution in [3.63, 3.8) is 0 Å². The van der Waals surface area contributed by atoms with Crippen molar-refractivity contribution in [1.29, 1.82) is 0 Å². The van der Waals surface area contributed by atoms with Crippen LogP contribution in [0.4, 0.5) is 5.69 Å². The molecule has 0 atom stereocenters. The molecule has 0 spiro atoms. The number of anilines is 1. The van der Waals surface area contributed by atoms with Crippen LogP contribution >= 0.6 is 0 Å². The van der Waals surface area contributed by atoms with Crippen LogP contribution < -0.4 is 4.90 Å². The van der Waals surface area contributed by atoms with Crippen LogP contribution in [-0.4, -0.2) is 19.9 Å². The summed E-state index contributed by atoms with van der Waals surface area (Å²) >= 11 is 0. The van der Waals surface area contributed by atoms with E-state index in [2.05, 4.69) is 0 Å². The fourth-order valence-electron chi connectivity index (χ4n) is 2.49. The fourth-order valence-corrected chi connectivity index (χ4v) is 2.49. The first-order valence-corrected chi connectivity index (χ1v) is 6.96. The zero-order chi connectivity index (χ0) is 14.8. The number of carbonyl (C=O) groups is 1. The molecule has 104 valence electrons. The first-order chi connectivity index (χ1) is 10.2. The molecule has 3 aromatic carbocycles. The average molecular weight is 275 g/mol.